The van der Waals surface area contributed by atoms with Gasteiger partial charge in [-0.1, -0.05) is 6.92 Å². The Morgan fingerprint density at radius 2 is 2.31 bits per heavy atom. The Labute approximate surface area is 82.2 Å². The Morgan fingerprint density at radius 1 is 1.69 bits per heavy atom. The number of carboxylic acid groups (broad SMARTS) is 1. The van der Waals surface area contributed by atoms with Gasteiger partial charge in [-0.25, -0.2) is 0 Å². The quantitative estimate of drug-likeness (QED) is 0.810. The molecule has 0 amide bonds. The lowest BCUT2D eigenvalue weighted by Crippen LogP contribution is -2.31. The van der Waals surface area contributed by atoms with Gasteiger partial charge in [0.15, 0.2) is 0 Å². The predicted octanol–water partition coefficient (Wildman–Crippen LogP) is 2.81. The molecule has 0 aromatic carbocycles. The van der Waals surface area contributed by atoms with Gasteiger partial charge in [0.2, 0.25) is 0 Å². The second-order valence-corrected chi connectivity index (χ2v) is 4.34. The molecule has 1 aromatic heterocycles. The number of carbonyl (C=O) groups is 1. The summed E-state index contributed by atoms with van der Waals surface area (Å²) in [5, 5.41) is 11.1. The monoisotopic (exact) mass is 198 g/mol. The van der Waals surface area contributed by atoms with E-state index in [9.17, 15) is 4.79 Å². The Kier molecular flexibility index (Phi) is 2.76. The number of aliphatic carboxylic acids is 1. The van der Waals surface area contributed by atoms with Crippen molar-refractivity contribution in [1.82, 2.24) is 0 Å². The van der Waals surface area contributed by atoms with E-state index >= 15 is 0 Å². The van der Waals surface area contributed by atoms with Crippen LogP contribution in [0.25, 0.3) is 0 Å². The lowest BCUT2D eigenvalue weighted by molar-refractivity contribution is -0.143. The molecule has 0 bridgehead atoms. The smallest absolute Gasteiger partial charge is 0.314 e. The van der Waals surface area contributed by atoms with Gasteiger partial charge in [-0.15, -0.1) is 11.3 Å². The number of aryl methyl sites for hydroxylation is 1. The first-order chi connectivity index (χ1) is 6.02. The third-order valence-corrected chi connectivity index (χ3v) is 3.82. The van der Waals surface area contributed by atoms with Crippen molar-refractivity contribution in [2.24, 2.45) is 0 Å². The van der Waals surface area contributed by atoms with Gasteiger partial charge in [-0.2, -0.15) is 0 Å². The van der Waals surface area contributed by atoms with Crippen molar-refractivity contribution < 1.29 is 9.90 Å². The minimum absolute atomic E-state index is 0.629. The van der Waals surface area contributed by atoms with Crippen molar-refractivity contribution in [3.05, 3.63) is 21.9 Å². The van der Waals surface area contributed by atoms with Crippen LogP contribution in [0.5, 0.6) is 0 Å². The average molecular weight is 198 g/mol. The standard InChI is InChI=1S/C10H14O2S/c1-4-10(3,9(11)12)8-7(2)5-6-13-8/h5-6H,4H2,1-3H3,(H,11,12). The van der Waals surface area contributed by atoms with Gasteiger partial charge >= 0.3 is 5.97 Å². The SMILES string of the molecule is CCC(C)(C(=O)O)c1sccc1C. The highest BCUT2D eigenvalue weighted by atomic mass is 32.1. The summed E-state index contributed by atoms with van der Waals surface area (Å²) in [7, 11) is 0. The molecule has 0 aliphatic heterocycles. The molecule has 1 rings (SSSR count). The van der Waals surface area contributed by atoms with Gasteiger partial charge in [0, 0.05) is 4.88 Å². The summed E-state index contributed by atoms with van der Waals surface area (Å²) in [5.74, 6) is -0.736. The molecule has 13 heavy (non-hydrogen) atoms. The maximum absolute atomic E-state index is 11.1. The van der Waals surface area contributed by atoms with Gasteiger partial charge < -0.3 is 5.11 Å². The largest absolute Gasteiger partial charge is 0.481 e. The van der Waals surface area contributed by atoms with Crippen molar-refractivity contribution in [3.8, 4) is 0 Å². The zero-order chi connectivity index (χ0) is 10.1. The lowest BCUT2D eigenvalue weighted by atomic mass is 9.84. The van der Waals surface area contributed by atoms with E-state index in [1.54, 1.807) is 6.92 Å². The molecule has 72 valence electrons. The van der Waals surface area contributed by atoms with Crippen LogP contribution >= 0.6 is 11.3 Å². The van der Waals surface area contributed by atoms with Gasteiger partial charge in [-0.3, -0.25) is 4.79 Å². The van der Waals surface area contributed by atoms with Crippen LogP contribution in [0.4, 0.5) is 0 Å². The van der Waals surface area contributed by atoms with Crippen LogP contribution in [0.2, 0.25) is 0 Å². The Balaban J connectivity index is 3.17. The van der Waals surface area contributed by atoms with Crippen molar-refractivity contribution in [2.45, 2.75) is 32.6 Å². The first-order valence-electron chi connectivity index (χ1n) is 4.30. The summed E-state index contributed by atoms with van der Waals surface area (Å²) in [6.45, 7) is 5.66. The van der Waals surface area contributed by atoms with Crippen LogP contribution in [0, 0.1) is 6.92 Å². The van der Waals surface area contributed by atoms with E-state index in [2.05, 4.69) is 0 Å². The zero-order valence-corrected chi connectivity index (χ0v) is 8.94. The molecule has 1 heterocycles. The molecule has 0 saturated carbocycles. The summed E-state index contributed by atoms with van der Waals surface area (Å²) in [4.78, 5) is 12.1. The predicted molar refractivity (Wildman–Crippen MR) is 54.3 cm³/mol. The number of rotatable bonds is 3. The third kappa shape index (κ3) is 1.61. The topological polar surface area (TPSA) is 37.3 Å². The summed E-state index contributed by atoms with van der Waals surface area (Å²) >= 11 is 1.53. The van der Waals surface area contributed by atoms with Gasteiger partial charge in [0.25, 0.3) is 0 Å². The van der Waals surface area contributed by atoms with E-state index in [0.717, 1.165) is 10.4 Å². The molecule has 0 fully saturated rings. The first kappa shape index (κ1) is 10.3. The molecule has 1 unspecified atom stereocenters. The number of carboxylic acids is 1. The van der Waals surface area contributed by atoms with Crippen molar-refractivity contribution in [3.63, 3.8) is 0 Å². The molecule has 1 aromatic rings. The van der Waals surface area contributed by atoms with E-state index in [-0.39, 0.29) is 0 Å². The fourth-order valence-corrected chi connectivity index (χ4v) is 2.50. The maximum Gasteiger partial charge on any atom is 0.314 e. The first-order valence-corrected chi connectivity index (χ1v) is 5.18. The number of hydrogen-bond acceptors (Lipinski definition) is 2. The van der Waals surface area contributed by atoms with Crippen LogP contribution in [-0.4, -0.2) is 11.1 Å². The Hall–Kier alpha value is -0.830. The number of thiophene rings is 1. The van der Waals surface area contributed by atoms with Gasteiger partial charge in [-0.05, 0) is 37.3 Å². The highest BCUT2D eigenvalue weighted by Gasteiger charge is 2.35. The summed E-state index contributed by atoms with van der Waals surface area (Å²) in [5.41, 5.74) is 0.370. The molecular weight excluding hydrogens is 184 g/mol. The molecule has 0 spiro atoms. The molecule has 0 aliphatic rings. The van der Waals surface area contributed by atoms with Crippen molar-refractivity contribution in [1.29, 1.82) is 0 Å². The van der Waals surface area contributed by atoms with E-state index < -0.39 is 11.4 Å². The molecular formula is C10H14O2S. The third-order valence-electron chi connectivity index (χ3n) is 2.54. The van der Waals surface area contributed by atoms with Crippen LogP contribution in [0.1, 0.15) is 30.7 Å². The van der Waals surface area contributed by atoms with E-state index in [4.69, 9.17) is 5.11 Å². The van der Waals surface area contributed by atoms with Crippen LogP contribution in [0.3, 0.4) is 0 Å². The van der Waals surface area contributed by atoms with Crippen LogP contribution < -0.4 is 0 Å². The summed E-state index contributed by atoms with van der Waals surface area (Å²) in [6.07, 6.45) is 0.629. The molecule has 2 nitrogen and oxygen atoms in total. The van der Waals surface area contributed by atoms with E-state index in [1.165, 1.54) is 11.3 Å². The average Bonchev–Trinajstić information content (AvgIpc) is 2.50. The van der Waals surface area contributed by atoms with Crippen LogP contribution in [-0.2, 0) is 10.2 Å². The number of hydrogen-bond donors (Lipinski definition) is 1. The highest BCUT2D eigenvalue weighted by Crippen LogP contribution is 2.34. The minimum atomic E-state index is -0.736. The molecule has 1 atom stereocenters. The second kappa shape index (κ2) is 3.50. The highest BCUT2D eigenvalue weighted by molar-refractivity contribution is 7.10. The Bertz CT molecular complexity index is 316. The molecule has 0 aliphatic carbocycles. The lowest BCUT2D eigenvalue weighted by Gasteiger charge is -2.22. The fraction of sp³-hybridized carbons (Fsp3) is 0.500. The summed E-state index contributed by atoms with van der Waals surface area (Å²) in [6, 6.07) is 1.97. The summed E-state index contributed by atoms with van der Waals surface area (Å²) < 4.78 is 0. The second-order valence-electron chi connectivity index (χ2n) is 3.42. The minimum Gasteiger partial charge on any atom is -0.481 e. The Morgan fingerprint density at radius 3 is 2.62 bits per heavy atom. The maximum atomic E-state index is 11.1. The zero-order valence-electron chi connectivity index (χ0n) is 8.13. The molecule has 3 heteroatoms. The van der Waals surface area contributed by atoms with E-state index in [1.807, 2.05) is 25.3 Å². The van der Waals surface area contributed by atoms with Crippen molar-refractivity contribution >= 4 is 17.3 Å². The van der Waals surface area contributed by atoms with Gasteiger partial charge in [0.05, 0.1) is 5.41 Å². The van der Waals surface area contributed by atoms with Crippen molar-refractivity contribution in [2.75, 3.05) is 0 Å². The van der Waals surface area contributed by atoms with Gasteiger partial charge in [0.1, 0.15) is 0 Å². The normalized spacial score (nSPS) is 15.3. The molecule has 0 radical (unpaired) electrons. The van der Waals surface area contributed by atoms with Crippen LogP contribution in [0.15, 0.2) is 11.4 Å². The fourth-order valence-electron chi connectivity index (χ4n) is 1.35. The molecule has 0 saturated heterocycles. The van der Waals surface area contributed by atoms with E-state index in [0.29, 0.717) is 6.42 Å². The molecule has 1 N–H and O–H groups in total.